The van der Waals surface area contributed by atoms with Gasteiger partial charge in [-0.15, -0.1) is 0 Å². The zero-order chi connectivity index (χ0) is 13.7. The van der Waals surface area contributed by atoms with Gasteiger partial charge >= 0.3 is 0 Å². The first-order valence-corrected chi connectivity index (χ1v) is 6.43. The summed E-state index contributed by atoms with van der Waals surface area (Å²) >= 11 is 5.15. The van der Waals surface area contributed by atoms with Gasteiger partial charge in [0.2, 0.25) is 0 Å². The lowest BCUT2D eigenvalue weighted by Crippen LogP contribution is -2.16. The largest absolute Gasteiger partial charge is 0.432 e. The van der Waals surface area contributed by atoms with Crippen molar-refractivity contribution in [2.45, 2.75) is 13.5 Å². The summed E-state index contributed by atoms with van der Waals surface area (Å²) < 4.78 is 5.53. The first-order valence-electron chi connectivity index (χ1n) is 6.02. The summed E-state index contributed by atoms with van der Waals surface area (Å²) in [6, 6.07) is 15.5. The van der Waals surface area contributed by atoms with Crippen LogP contribution >= 0.6 is 12.2 Å². The van der Waals surface area contributed by atoms with E-state index in [-0.39, 0.29) is 0 Å². The molecule has 0 aliphatic rings. The maximum atomic E-state index is 5.54. The third kappa shape index (κ3) is 4.05. The predicted molar refractivity (Wildman–Crippen MR) is 82.4 cm³/mol. The Labute approximate surface area is 118 Å². The van der Waals surface area contributed by atoms with Gasteiger partial charge in [-0.3, -0.25) is 0 Å². The third-order valence-electron chi connectivity index (χ3n) is 2.67. The summed E-state index contributed by atoms with van der Waals surface area (Å²) in [4.78, 5) is 0. The lowest BCUT2D eigenvalue weighted by atomic mass is 10.2. The second-order valence-corrected chi connectivity index (χ2v) is 4.60. The zero-order valence-corrected chi connectivity index (χ0v) is 11.5. The molecule has 3 N–H and O–H groups in total. The van der Waals surface area contributed by atoms with Crippen LogP contribution < -0.4 is 15.8 Å². The van der Waals surface area contributed by atoms with E-state index in [0.717, 1.165) is 17.0 Å². The van der Waals surface area contributed by atoms with Crippen LogP contribution in [-0.4, -0.2) is 5.17 Å². The van der Waals surface area contributed by atoms with E-state index in [0.29, 0.717) is 11.7 Å². The molecular weight excluding hydrogens is 256 g/mol. The van der Waals surface area contributed by atoms with Gasteiger partial charge < -0.3 is 15.8 Å². The molecule has 98 valence electrons. The van der Waals surface area contributed by atoms with E-state index in [9.17, 15) is 0 Å². The molecule has 19 heavy (non-hydrogen) atoms. The highest BCUT2D eigenvalue weighted by Crippen LogP contribution is 2.14. The molecule has 0 aliphatic carbocycles. The molecule has 0 unspecified atom stereocenters. The second-order valence-electron chi connectivity index (χ2n) is 4.23. The molecule has 0 saturated carbocycles. The van der Waals surface area contributed by atoms with Crippen LogP contribution in [-0.2, 0) is 6.54 Å². The third-order valence-corrected chi connectivity index (χ3v) is 2.85. The van der Waals surface area contributed by atoms with Crippen molar-refractivity contribution in [1.29, 1.82) is 0 Å². The van der Waals surface area contributed by atoms with Gasteiger partial charge in [0.25, 0.3) is 5.17 Å². The molecule has 4 heteroatoms. The number of benzene rings is 2. The van der Waals surface area contributed by atoms with Crippen molar-refractivity contribution in [3.63, 3.8) is 0 Å². The number of nitrogens with two attached hydrogens (primary N) is 1. The van der Waals surface area contributed by atoms with Crippen molar-refractivity contribution in [3.05, 3.63) is 59.7 Å². The lowest BCUT2D eigenvalue weighted by Gasteiger charge is -2.10. The Hall–Kier alpha value is -1.91. The highest BCUT2D eigenvalue weighted by molar-refractivity contribution is 7.80. The average Bonchev–Trinajstić information content (AvgIpc) is 2.42. The highest BCUT2D eigenvalue weighted by Gasteiger charge is 2.01. The van der Waals surface area contributed by atoms with Crippen molar-refractivity contribution in [2.75, 3.05) is 5.32 Å². The van der Waals surface area contributed by atoms with Gasteiger partial charge in [0.1, 0.15) is 5.75 Å². The van der Waals surface area contributed by atoms with Gasteiger partial charge in [0, 0.05) is 12.2 Å². The van der Waals surface area contributed by atoms with Crippen LogP contribution in [0.3, 0.4) is 0 Å². The maximum Gasteiger partial charge on any atom is 0.266 e. The van der Waals surface area contributed by atoms with Crippen LogP contribution in [0.15, 0.2) is 48.5 Å². The fourth-order valence-electron chi connectivity index (χ4n) is 1.58. The van der Waals surface area contributed by atoms with E-state index in [1.807, 2.05) is 55.5 Å². The first kappa shape index (κ1) is 13.5. The molecule has 0 radical (unpaired) electrons. The molecule has 2 aromatic rings. The van der Waals surface area contributed by atoms with E-state index in [2.05, 4.69) is 5.32 Å². The molecule has 0 spiro atoms. The average molecular weight is 272 g/mol. The first-order chi connectivity index (χ1) is 9.17. The molecule has 2 aromatic carbocycles. The number of nitrogens with one attached hydrogen (secondary N) is 1. The normalized spacial score (nSPS) is 10.0. The van der Waals surface area contributed by atoms with Crippen molar-refractivity contribution in [3.8, 4) is 5.75 Å². The van der Waals surface area contributed by atoms with E-state index >= 15 is 0 Å². The van der Waals surface area contributed by atoms with Crippen LogP contribution in [0.5, 0.6) is 5.75 Å². The Morgan fingerprint density at radius 3 is 2.32 bits per heavy atom. The fourth-order valence-corrected chi connectivity index (χ4v) is 1.79. The minimum absolute atomic E-state index is 0.323. The van der Waals surface area contributed by atoms with Crippen molar-refractivity contribution < 1.29 is 4.74 Å². The number of rotatable bonds is 3. The summed E-state index contributed by atoms with van der Waals surface area (Å²) in [6.45, 7) is 2.56. The molecular formula is C15H16N2OS. The van der Waals surface area contributed by atoms with Gasteiger partial charge in [-0.25, -0.2) is 0 Å². The number of hydrogen-bond acceptors (Lipinski definition) is 3. The van der Waals surface area contributed by atoms with Crippen LogP contribution in [0.1, 0.15) is 11.1 Å². The monoisotopic (exact) mass is 272 g/mol. The number of anilines is 1. The smallest absolute Gasteiger partial charge is 0.266 e. The number of thiocarbonyl (C=S) groups is 1. The summed E-state index contributed by atoms with van der Waals surface area (Å²) in [5, 5.41) is 3.35. The minimum atomic E-state index is 0.323. The van der Waals surface area contributed by atoms with Crippen molar-refractivity contribution >= 4 is 23.1 Å². The molecule has 0 fully saturated rings. The molecule has 0 aromatic heterocycles. The SMILES string of the molecule is Cc1ccc(OC(=S)Nc2ccc(CN)cc2)cc1. The molecule has 0 heterocycles. The second kappa shape index (κ2) is 6.31. The number of hydrogen-bond donors (Lipinski definition) is 2. The molecule has 0 atom stereocenters. The summed E-state index contributed by atoms with van der Waals surface area (Å²) in [6.07, 6.45) is 0. The molecule has 0 bridgehead atoms. The van der Waals surface area contributed by atoms with E-state index < -0.39 is 0 Å². The maximum absolute atomic E-state index is 5.54. The quantitative estimate of drug-likeness (QED) is 0.842. The summed E-state index contributed by atoms with van der Waals surface area (Å²) in [5.41, 5.74) is 8.69. The van der Waals surface area contributed by atoms with Crippen LogP contribution in [0, 0.1) is 6.92 Å². The van der Waals surface area contributed by atoms with Crippen molar-refractivity contribution in [1.82, 2.24) is 0 Å². The van der Waals surface area contributed by atoms with Crippen LogP contribution in [0.25, 0.3) is 0 Å². The van der Waals surface area contributed by atoms with Gasteiger partial charge in [0.15, 0.2) is 0 Å². The van der Waals surface area contributed by atoms with E-state index in [1.165, 1.54) is 5.56 Å². The van der Waals surface area contributed by atoms with Gasteiger partial charge in [-0.05, 0) is 49.0 Å². The Balaban J connectivity index is 1.95. The van der Waals surface area contributed by atoms with E-state index in [1.54, 1.807) is 0 Å². The van der Waals surface area contributed by atoms with Gasteiger partial charge in [-0.1, -0.05) is 29.8 Å². The summed E-state index contributed by atoms with van der Waals surface area (Å²) in [7, 11) is 0. The van der Waals surface area contributed by atoms with Gasteiger partial charge in [0.05, 0.1) is 0 Å². The molecule has 0 saturated heterocycles. The number of ether oxygens (including phenoxy) is 1. The zero-order valence-electron chi connectivity index (χ0n) is 10.7. The topological polar surface area (TPSA) is 47.3 Å². The Bertz CT molecular complexity index is 549. The fraction of sp³-hybridized carbons (Fsp3) is 0.133. The van der Waals surface area contributed by atoms with E-state index in [4.69, 9.17) is 22.7 Å². The lowest BCUT2D eigenvalue weighted by molar-refractivity contribution is 0.563. The minimum Gasteiger partial charge on any atom is -0.432 e. The Morgan fingerprint density at radius 2 is 1.74 bits per heavy atom. The Kier molecular flexibility index (Phi) is 4.49. The van der Waals surface area contributed by atoms with Crippen LogP contribution in [0.2, 0.25) is 0 Å². The molecule has 0 amide bonds. The number of aryl methyl sites for hydroxylation is 1. The van der Waals surface area contributed by atoms with Crippen LogP contribution in [0.4, 0.5) is 5.69 Å². The summed E-state index contributed by atoms with van der Waals surface area (Å²) in [5.74, 6) is 0.724. The molecule has 0 aliphatic heterocycles. The standard InChI is InChI=1S/C15H16N2OS/c1-11-2-8-14(9-3-11)18-15(19)17-13-6-4-12(10-16)5-7-13/h2-9H,10,16H2,1H3,(H,17,19). The molecule has 2 rings (SSSR count). The Morgan fingerprint density at radius 1 is 1.11 bits per heavy atom. The predicted octanol–water partition coefficient (Wildman–Crippen LogP) is 3.23. The van der Waals surface area contributed by atoms with Gasteiger partial charge in [-0.2, -0.15) is 0 Å². The van der Waals surface area contributed by atoms with Crippen molar-refractivity contribution in [2.24, 2.45) is 5.73 Å². The molecule has 3 nitrogen and oxygen atoms in total. The highest BCUT2D eigenvalue weighted by atomic mass is 32.1.